The molecule has 4 aliphatic rings. The van der Waals surface area contributed by atoms with Crippen LogP contribution in [0.15, 0.2) is 82.6 Å². The highest BCUT2D eigenvalue weighted by Crippen LogP contribution is 2.33. The van der Waals surface area contributed by atoms with Gasteiger partial charge in [-0.25, -0.2) is 19.2 Å². The highest BCUT2D eigenvalue weighted by Gasteiger charge is 2.32. The van der Waals surface area contributed by atoms with Gasteiger partial charge in [0.1, 0.15) is 11.7 Å². The Kier molecular flexibility index (Phi) is 12.3. The number of benzene rings is 2. The second-order valence-corrected chi connectivity index (χ2v) is 17.8. The SMILES string of the molecule is Cn1c(=O)n(C2CCC(=O)NC2=O)c2ccc(C3CCN(CC4CCN(CC(=O)N[C@H]5CC[C@H](Nc6ncc(F)c(-c7cccc(-n8ccccc8=O)c7)n6)CC5)CC4)CC3)cc21. The number of hydrogen-bond donors (Lipinski definition) is 3. The van der Waals surface area contributed by atoms with Gasteiger partial charge in [-0.15, -0.1) is 0 Å². The van der Waals surface area contributed by atoms with E-state index in [2.05, 4.69) is 47.9 Å². The Hall–Kier alpha value is -6.00. The molecule has 1 aliphatic carbocycles. The molecule has 0 radical (unpaired) electrons. The van der Waals surface area contributed by atoms with Crippen molar-refractivity contribution in [3.63, 3.8) is 0 Å². The molecule has 3 N–H and O–H groups in total. The minimum Gasteiger partial charge on any atom is -0.352 e. The fourth-order valence-electron chi connectivity index (χ4n) is 10.1. The van der Waals surface area contributed by atoms with Crippen molar-refractivity contribution in [1.29, 1.82) is 0 Å². The first kappa shape index (κ1) is 42.3. The predicted octanol–water partition coefficient (Wildman–Crippen LogP) is 4.50. The number of aromatic nitrogens is 5. The summed E-state index contributed by atoms with van der Waals surface area (Å²) in [4.78, 5) is 76.7. The predicted molar refractivity (Wildman–Crippen MR) is 237 cm³/mol. The fraction of sp³-hybridized carbons (Fsp3) is 0.468. The van der Waals surface area contributed by atoms with Crippen molar-refractivity contribution in [2.45, 2.75) is 88.3 Å². The van der Waals surface area contributed by atoms with E-state index in [0.717, 1.165) is 95.1 Å². The molecule has 330 valence electrons. The van der Waals surface area contributed by atoms with E-state index in [-0.39, 0.29) is 47.3 Å². The Bertz CT molecular complexity index is 2620. The van der Waals surface area contributed by atoms with Crippen molar-refractivity contribution < 1.29 is 18.8 Å². The lowest BCUT2D eigenvalue weighted by Crippen LogP contribution is -2.47. The summed E-state index contributed by atoms with van der Waals surface area (Å²) in [5, 5.41) is 9.03. The van der Waals surface area contributed by atoms with Crippen LogP contribution >= 0.6 is 0 Å². The third-order valence-electron chi connectivity index (χ3n) is 13.7. The molecule has 3 aliphatic heterocycles. The first-order valence-corrected chi connectivity index (χ1v) is 22.4. The molecule has 1 atom stereocenters. The summed E-state index contributed by atoms with van der Waals surface area (Å²) in [6, 6.07) is 17.7. The van der Waals surface area contributed by atoms with Gasteiger partial charge in [-0.1, -0.05) is 24.3 Å². The summed E-state index contributed by atoms with van der Waals surface area (Å²) in [5.74, 6) is 0.158. The normalized spacial score (nSPS) is 22.0. The van der Waals surface area contributed by atoms with Gasteiger partial charge in [0.2, 0.25) is 23.7 Å². The Morgan fingerprint density at radius 1 is 0.825 bits per heavy atom. The maximum atomic E-state index is 15.0. The molecular weight excluding hydrogens is 804 g/mol. The van der Waals surface area contributed by atoms with Crippen molar-refractivity contribution in [2.24, 2.45) is 13.0 Å². The van der Waals surface area contributed by atoms with E-state index in [1.54, 1.807) is 54.2 Å². The Balaban J connectivity index is 0.692. The van der Waals surface area contributed by atoms with Crippen LogP contribution in [0.3, 0.4) is 0 Å². The Morgan fingerprint density at radius 2 is 1.59 bits per heavy atom. The Morgan fingerprint density at radius 3 is 2.35 bits per heavy atom. The number of pyridine rings is 1. The number of aryl methyl sites for hydroxylation is 1. The number of halogens is 1. The molecule has 0 bridgehead atoms. The average Bonchev–Trinajstić information content (AvgIpc) is 3.53. The summed E-state index contributed by atoms with van der Waals surface area (Å²) in [5.41, 5.74) is 3.65. The smallest absolute Gasteiger partial charge is 0.329 e. The maximum Gasteiger partial charge on any atom is 0.329 e. The first-order valence-electron chi connectivity index (χ1n) is 22.4. The number of carbonyl (C=O) groups excluding carboxylic acids is 3. The van der Waals surface area contributed by atoms with E-state index in [1.165, 1.54) is 27.0 Å². The van der Waals surface area contributed by atoms with E-state index in [9.17, 15) is 28.4 Å². The van der Waals surface area contributed by atoms with Gasteiger partial charge >= 0.3 is 5.69 Å². The van der Waals surface area contributed by atoms with Gasteiger partial charge in [0, 0.05) is 55.6 Å². The van der Waals surface area contributed by atoms with Crippen LogP contribution < -0.4 is 27.2 Å². The number of nitrogens with zero attached hydrogens (tertiary/aromatic N) is 7. The standard InChI is InChI=1S/C47H55FN10O5/c1-54-40-26-32(8-13-38(40)58(47(54)63)39-14-15-41(59)52-45(39)62)31-18-23-55(24-19-31)28-30-16-21-56(22-17-30)29-42(60)50-34-9-11-35(12-10-34)51-46-49-27-37(48)44(53-46)33-5-4-6-36(25-33)57-20-3-2-7-43(57)61/h2-8,13,20,25-27,30-31,34-35,39H,9-12,14-19,21-24,28-29H2,1H3,(H,50,60)(H,49,51,53)(H,52,59,62)/t34-,35-,39?. The van der Waals surface area contributed by atoms with Crippen LogP contribution in [-0.2, 0) is 21.4 Å². The van der Waals surface area contributed by atoms with Crippen LogP contribution in [0.2, 0.25) is 0 Å². The molecule has 5 aromatic rings. The number of fused-ring (bicyclic) bond motifs is 1. The summed E-state index contributed by atoms with van der Waals surface area (Å²) >= 11 is 0. The van der Waals surface area contributed by atoms with E-state index in [0.29, 0.717) is 42.0 Å². The quantitative estimate of drug-likeness (QED) is 0.161. The molecule has 3 amide bonds. The van der Waals surface area contributed by atoms with Gasteiger partial charge in [0.25, 0.3) is 5.56 Å². The number of amides is 3. The number of imidazole rings is 1. The molecule has 2 aromatic carbocycles. The number of piperidine rings is 3. The van der Waals surface area contributed by atoms with Crippen LogP contribution in [0.5, 0.6) is 0 Å². The number of hydrogen-bond acceptors (Lipinski definition) is 10. The van der Waals surface area contributed by atoms with Crippen molar-refractivity contribution in [3.05, 3.63) is 105 Å². The number of likely N-dealkylation sites (tertiary alicyclic amines) is 2. The van der Waals surface area contributed by atoms with Gasteiger partial charge in [-0.3, -0.25) is 43.1 Å². The lowest BCUT2D eigenvalue weighted by Gasteiger charge is -2.38. The summed E-state index contributed by atoms with van der Waals surface area (Å²) in [6.45, 7) is 5.35. The monoisotopic (exact) mass is 858 g/mol. The third kappa shape index (κ3) is 9.37. The molecule has 6 heterocycles. The van der Waals surface area contributed by atoms with Crippen molar-refractivity contribution >= 4 is 34.7 Å². The van der Waals surface area contributed by atoms with Gasteiger partial charge in [0.15, 0.2) is 5.82 Å². The molecule has 63 heavy (non-hydrogen) atoms. The van der Waals surface area contributed by atoms with Gasteiger partial charge in [-0.2, -0.15) is 0 Å². The average molecular weight is 859 g/mol. The zero-order valence-corrected chi connectivity index (χ0v) is 35.7. The zero-order valence-electron chi connectivity index (χ0n) is 35.7. The molecule has 9 rings (SSSR count). The fourth-order valence-corrected chi connectivity index (χ4v) is 10.1. The molecule has 16 heteroatoms. The highest BCUT2D eigenvalue weighted by atomic mass is 19.1. The van der Waals surface area contributed by atoms with Crippen molar-refractivity contribution in [3.8, 4) is 16.9 Å². The van der Waals surface area contributed by atoms with Crippen LogP contribution in [0.4, 0.5) is 10.3 Å². The topological polar surface area (TPSA) is 168 Å². The maximum absolute atomic E-state index is 15.0. The van der Waals surface area contributed by atoms with E-state index < -0.39 is 17.8 Å². The van der Waals surface area contributed by atoms with Crippen molar-refractivity contribution in [1.82, 2.24) is 44.1 Å². The van der Waals surface area contributed by atoms with Crippen LogP contribution in [0.1, 0.15) is 81.7 Å². The molecular formula is C47H55FN10O5. The second kappa shape index (κ2) is 18.4. The van der Waals surface area contributed by atoms with Gasteiger partial charge in [-0.05, 0) is 132 Å². The van der Waals surface area contributed by atoms with E-state index in [4.69, 9.17) is 0 Å². The number of imide groups is 1. The Labute approximate surface area is 364 Å². The van der Waals surface area contributed by atoms with Gasteiger partial charge in [0.05, 0.1) is 23.8 Å². The lowest BCUT2D eigenvalue weighted by molar-refractivity contribution is -0.135. The number of carbonyl (C=O) groups is 3. The molecule has 1 saturated carbocycles. The van der Waals surface area contributed by atoms with Crippen LogP contribution in [-0.4, -0.2) is 103 Å². The molecule has 3 aromatic heterocycles. The largest absolute Gasteiger partial charge is 0.352 e. The zero-order chi connectivity index (χ0) is 43.6. The third-order valence-corrected chi connectivity index (χ3v) is 13.7. The number of nitrogens with one attached hydrogen (secondary N) is 3. The second-order valence-electron chi connectivity index (χ2n) is 17.8. The van der Waals surface area contributed by atoms with Crippen molar-refractivity contribution in [2.75, 3.05) is 44.6 Å². The molecule has 3 saturated heterocycles. The number of anilines is 1. The van der Waals surface area contributed by atoms with Crippen LogP contribution in [0.25, 0.3) is 28.0 Å². The highest BCUT2D eigenvalue weighted by molar-refractivity contribution is 6.00. The summed E-state index contributed by atoms with van der Waals surface area (Å²) in [7, 11) is 1.74. The summed E-state index contributed by atoms with van der Waals surface area (Å²) in [6.07, 6.45) is 10.9. The first-order chi connectivity index (χ1) is 30.6. The minimum atomic E-state index is -0.686. The van der Waals surface area contributed by atoms with E-state index >= 15 is 0 Å². The minimum absolute atomic E-state index is 0.0734. The lowest BCUT2D eigenvalue weighted by atomic mass is 9.88. The molecule has 4 fully saturated rings. The number of rotatable bonds is 11. The van der Waals surface area contributed by atoms with E-state index in [1.807, 2.05) is 6.07 Å². The molecule has 0 spiro atoms. The summed E-state index contributed by atoms with van der Waals surface area (Å²) < 4.78 is 19.6. The van der Waals surface area contributed by atoms with Gasteiger partial charge < -0.3 is 15.5 Å². The molecule has 1 unspecified atom stereocenters. The van der Waals surface area contributed by atoms with Crippen LogP contribution in [0, 0.1) is 11.7 Å². The molecule has 15 nitrogen and oxygen atoms in total.